The van der Waals surface area contributed by atoms with Gasteiger partial charge in [-0.2, -0.15) is 0 Å². The molecule has 3 nitrogen and oxygen atoms in total. The summed E-state index contributed by atoms with van der Waals surface area (Å²) in [5.41, 5.74) is 0.812. The van der Waals surface area contributed by atoms with Crippen molar-refractivity contribution in [3.8, 4) is 0 Å². The number of fused-ring (bicyclic) bond motifs is 1. The number of aliphatic hydroxyl groups excluding tert-OH is 1. The first-order valence-corrected chi connectivity index (χ1v) is 7.10. The van der Waals surface area contributed by atoms with Gasteiger partial charge in [0, 0.05) is 11.0 Å². The van der Waals surface area contributed by atoms with E-state index >= 15 is 0 Å². The van der Waals surface area contributed by atoms with Gasteiger partial charge in [-0.1, -0.05) is 49.4 Å². The van der Waals surface area contributed by atoms with Crippen LogP contribution >= 0.6 is 0 Å². The van der Waals surface area contributed by atoms with E-state index < -0.39 is 0 Å². The van der Waals surface area contributed by atoms with Gasteiger partial charge in [-0.15, -0.1) is 0 Å². The predicted molar refractivity (Wildman–Crippen MR) is 78.4 cm³/mol. The van der Waals surface area contributed by atoms with Crippen LogP contribution in [0.15, 0.2) is 42.5 Å². The molecule has 106 valence electrons. The van der Waals surface area contributed by atoms with Crippen LogP contribution < -0.4 is 0 Å². The maximum Gasteiger partial charge on any atom is 0.184 e. The molecule has 2 aromatic rings. The Balaban J connectivity index is 1.87. The first-order chi connectivity index (χ1) is 9.78. The minimum absolute atomic E-state index is 0.103. The zero-order valence-corrected chi connectivity index (χ0v) is 11.7. The molecule has 0 atom stereocenters. The highest BCUT2D eigenvalue weighted by atomic mass is 16.7. The monoisotopic (exact) mass is 272 g/mol. The standard InChI is InChI=1S/C17H20O3/c1-2-17(10-18)11-19-16(20-12-17)15-9-5-7-13-6-3-4-8-14(13)15/h3-9,16,18H,2,10-12H2,1H3. The van der Waals surface area contributed by atoms with Crippen LogP contribution in [0.3, 0.4) is 0 Å². The summed E-state index contributed by atoms with van der Waals surface area (Å²) in [6, 6.07) is 14.4. The molecule has 0 aliphatic carbocycles. The molecule has 20 heavy (non-hydrogen) atoms. The van der Waals surface area contributed by atoms with Crippen molar-refractivity contribution in [3.05, 3.63) is 48.0 Å². The highest BCUT2D eigenvalue weighted by Crippen LogP contribution is 2.36. The third-order valence-corrected chi connectivity index (χ3v) is 4.24. The first-order valence-electron chi connectivity index (χ1n) is 7.10. The third-order valence-electron chi connectivity index (χ3n) is 4.24. The Morgan fingerprint density at radius 3 is 2.50 bits per heavy atom. The Morgan fingerprint density at radius 1 is 1.10 bits per heavy atom. The Labute approximate surface area is 119 Å². The number of hydrogen-bond donors (Lipinski definition) is 1. The molecule has 0 radical (unpaired) electrons. The molecular formula is C17H20O3. The van der Waals surface area contributed by atoms with Gasteiger partial charge in [0.2, 0.25) is 0 Å². The van der Waals surface area contributed by atoms with Gasteiger partial charge in [0.25, 0.3) is 0 Å². The van der Waals surface area contributed by atoms with Crippen LogP contribution in [-0.4, -0.2) is 24.9 Å². The van der Waals surface area contributed by atoms with E-state index in [1.54, 1.807) is 0 Å². The molecule has 1 fully saturated rings. The Morgan fingerprint density at radius 2 is 1.80 bits per heavy atom. The van der Waals surface area contributed by atoms with E-state index in [9.17, 15) is 5.11 Å². The van der Waals surface area contributed by atoms with E-state index in [2.05, 4.69) is 25.1 Å². The van der Waals surface area contributed by atoms with Crippen molar-refractivity contribution < 1.29 is 14.6 Å². The van der Waals surface area contributed by atoms with Crippen molar-refractivity contribution in [2.75, 3.05) is 19.8 Å². The zero-order chi connectivity index (χ0) is 14.0. The van der Waals surface area contributed by atoms with Crippen molar-refractivity contribution in [2.24, 2.45) is 5.41 Å². The van der Waals surface area contributed by atoms with Crippen LogP contribution in [-0.2, 0) is 9.47 Å². The Kier molecular flexibility index (Phi) is 3.74. The van der Waals surface area contributed by atoms with Crippen LogP contribution in [0.5, 0.6) is 0 Å². The fourth-order valence-electron chi connectivity index (χ4n) is 2.64. The summed E-state index contributed by atoms with van der Waals surface area (Å²) in [6.45, 7) is 3.23. The van der Waals surface area contributed by atoms with Gasteiger partial charge in [-0.3, -0.25) is 0 Å². The molecule has 0 unspecified atom stereocenters. The van der Waals surface area contributed by atoms with Crippen molar-refractivity contribution in [1.29, 1.82) is 0 Å². The number of rotatable bonds is 3. The summed E-state index contributed by atoms with van der Waals surface area (Å²) in [7, 11) is 0. The van der Waals surface area contributed by atoms with E-state index in [0.29, 0.717) is 13.2 Å². The second-order valence-electron chi connectivity index (χ2n) is 5.53. The summed E-state index contributed by atoms with van der Waals surface area (Å²) in [5, 5.41) is 11.9. The van der Waals surface area contributed by atoms with E-state index in [0.717, 1.165) is 17.4 Å². The minimum atomic E-state index is -0.340. The molecule has 0 amide bonds. The predicted octanol–water partition coefficient (Wildman–Crippen LogP) is 3.27. The molecule has 0 bridgehead atoms. The third kappa shape index (κ3) is 2.33. The molecule has 0 saturated carbocycles. The van der Waals surface area contributed by atoms with E-state index in [4.69, 9.17) is 9.47 Å². The summed E-state index contributed by atoms with van der Waals surface area (Å²) in [4.78, 5) is 0. The second-order valence-corrected chi connectivity index (χ2v) is 5.53. The molecule has 1 saturated heterocycles. The fourth-order valence-corrected chi connectivity index (χ4v) is 2.64. The molecule has 1 N–H and O–H groups in total. The average molecular weight is 272 g/mol. The zero-order valence-electron chi connectivity index (χ0n) is 11.7. The van der Waals surface area contributed by atoms with Gasteiger partial charge >= 0.3 is 0 Å². The normalized spacial score (nSPS) is 26.8. The molecule has 0 aromatic heterocycles. The highest BCUT2D eigenvalue weighted by Gasteiger charge is 2.35. The lowest BCUT2D eigenvalue weighted by Gasteiger charge is -2.38. The van der Waals surface area contributed by atoms with Crippen LogP contribution in [0.25, 0.3) is 10.8 Å². The molecule has 1 aliphatic heterocycles. The maximum absolute atomic E-state index is 9.51. The summed E-state index contributed by atoms with van der Waals surface area (Å²) >= 11 is 0. The van der Waals surface area contributed by atoms with Crippen LogP contribution in [0, 0.1) is 5.41 Å². The number of benzene rings is 2. The van der Waals surface area contributed by atoms with Crippen molar-refractivity contribution in [3.63, 3.8) is 0 Å². The molecule has 3 rings (SSSR count). The summed E-state index contributed by atoms with van der Waals surface area (Å²) in [5.74, 6) is 0. The number of ether oxygens (including phenoxy) is 2. The fraction of sp³-hybridized carbons (Fsp3) is 0.412. The topological polar surface area (TPSA) is 38.7 Å². The number of aliphatic hydroxyl groups is 1. The van der Waals surface area contributed by atoms with Gasteiger partial charge in [-0.25, -0.2) is 0 Å². The quantitative estimate of drug-likeness (QED) is 0.932. The van der Waals surface area contributed by atoms with Crippen molar-refractivity contribution in [2.45, 2.75) is 19.6 Å². The van der Waals surface area contributed by atoms with Crippen LogP contribution in [0.2, 0.25) is 0 Å². The van der Waals surface area contributed by atoms with Gasteiger partial charge in [0.15, 0.2) is 6.29 Å². The largest absolute Gasteiger partial charge is 0.396 e. The summed E-state index contributed by atoms with van der Waals surface area (Å²) < 4.78 is 11.8. The van der Waals surface area contributed by atoms with Crippen LogP contribution in [0.4, 0.5) is 0 Å². The Hall–Kier alpha value is -1.42. The van der Waals surface area contributed by atoms with Gasteiger partial charge < -0.3 is 14.6 Å². The van der Waals surface area contributed by atoms with E-state index in [1.807, 2.05) is 24.3 Å². The maximum atomic E-state index is 9.51. The SMILES string of the molecule is CCC1(CO)COC(c2cccc3ccccc23)OC1. The lowest BCUT2D eigenvalue weighted by atomic mass is 9.87. The second kappa shape index (κ2) is 5.52. The van der Waals surface area contributed by atoms with Gasteiger partial charge in [0.05, 0.1) is 19.8 Å². The molecule has 2 aromatic carbocycles. The van der Waals surface area contributed by atoms with E-state index in [1.165, 1.54) is 5.39 Å². The molecule has 1 aliphatic rings. The molecule has 1 heterocycles. The van der Waals surface area contributed by atoms with Crippen molar-refractivity contribution in [1.82, 2.24) is 0 Å². The average Bonchev–Trinajstić information content (AvgIpc) is 2.54. The first kappa shape index (κ1) is 13.6. The smallest absolute Gasteiger partial charge is 0.184 e. The summed E-state index contributed by atoms with van der Waals surface area (Å²) in [6.07, 6.45) is 0.512. The lowest BCUT2D eigenvalue weighted by molar-refractivity contribution is -0.241. The molecular weight excluding hydrogens is 252 g/mol. The minimum Gasteiger partial charge on any atom is -0.396 e. The Bertz CT molecular complexity index is 574. The number of hydrogen-bond acceptors (Lipinski definition) is 3. The van der Waals surface area contributed by atoms with Crippen molar-refractivity contribution >= 4 is 10.8 Å². The highest BCUT2D eigenvalue weighted by molar-refractivity contribution is 5.85. The van der Waals surface area contributed by atoms with Gasteiger partial charge in [0.1, 0.15) is 0 Å². The van der Waals surface area contributed by atoms with Gasteiger partial charge in [-0.05, 0) is 17.2 Å². The lowest BCUT2D eigenvalue weighted by Crippen LogP contribution is -2.41. The molecule has 0 spiro atoms. The van der Waals surface area contributed by atoms with E-state index in [-0.39, 0.29) is 18.3 Å². The molecule has 3 heteroatoms. The van der Waals surface area contributed by atoms with Crippen LogP contribution in [0.1, 0.15) is 25.2 Å².